The third-order valence-electron chi connectivity index (χ3n) is 9.98. The van der Waals surface area contributed by atoms with Crippen molar-refractivity contribution in [1.82, 2.24) is 55.9 Å². The molecule has 2 aromatic rings. The van der Waals surface area contributed by atoms with E-state index in [0.717, 1.165) is 9.36 Å². The second-order valence-corrected chi connectivity index (χ2v) is 14.7. The van der Waals surface area contributed by atoms with Crippen LogP contribution in [0.1, 0.15) is 62.4 Å². The van der Waals surface area contributed by atoms with E-state index in [9.17, 15) is 69.6 Å². The molecule has 5 amide bonds. The molecule has 344 valence electrons. The summed E-state index contributed by atoms with van der Waals surface area (Å²) in [6.07, 6.45) is -11.2. The Morgan fingerprint density at radius 3 is 1.56 bits per heavy atom. The van der Waals surface area contributed by atoms with Crippen LogP contribution in [-0.4, -0.2) is 205 Å². The van der Waals surface area contributed by atoms with Gasteiger partial charge in [0.15, 0.2) is 12.5 Å². The topological polar surface area (TPSA) is 396 Å². The van der Waals surface area contributed by atoms with Crippen LogP contribution < -0.4 is 16.0 Å². The summed E-state index contributed by atoms with van der Waals surface area (Å²) in [6, 6.07) is 0. The molecular weight excluding hydrogens is 834 g/mol. The minimum absolute atomic E-state index is 0.0270. The quantitative estimate of drug-likeness (QED) is 0.0410. The Balaban J connectivity index is 1.12. The number of aliphatic hydroxyl groups is 8. The number of imide groups is 1. The lowest BCUT2D eigenvalue weighted by molar-refractivity contribution is -0.254. The first kappa shape index (κ1) is 47.9. The summed E-state index contributed by atoms with van der Waals surface area (Å²) < 4.78 is 13.0. The van der Waals surface area contributed by atoms with Crippen molar-refractivity contribution in [1.29, 1.82) is 0 Å². The highest BCUT2D eigenvalue weighted by Gasteiger charge is 2.46. The zero-order valence-electron chi connectivity index (χ0n) is 33.2. The van der Waals surface area contributed by atoms with E-state index in [4.69, 9.17) is 14.3 Å². The summed E-state index contributed by atoms with van der Waals surface area (Å²) in [5, 5.41) is 104. The first-order valence-corrected chi connectivity index (χ1v) is 19.6. The number of ether oxygens (including phenoxy) is 2. The number of amides is 5. The highest BCUT2D eigenvalue weighted by molar-refractivity contribution is 6.01. The highest BCUT2D eigenvalue weighted by atomic mass is 16.7. The van der Waals surface area contributed by atoms with Crippen molar-refractivity contribution in [3.63, 3.8) is 0 Å². The van der Waals surface area contributed by atoms with Crippen LogP contribution in [0.25, 0.3) is 0 Å². The minimum Gasteiger partial charge on any atom is -0.394 e. The summed E-state index contributed by atoms with van der Waals surface area (Å²) in [6.45, 7) is -2.96. The number of hydrogen-bond acceptors (Lipinski definition) is 22. The van der Waals surface area contributed by atoms with Gasteiger partial charge in [-0.25, -0.2) is 14.2 Å². The molecule has 0 aliphatic carbocycles. The standard InChI is InChI=1S/C34H51N11O17/c46-15-19-27(54)29(56)31(58)33(60-19)43-10-17(38-40-43)8-36-22(49)13-42(12-21(48)35-7-3-1-2-4-26(53)62-45-24(51)5-6-25(45)52)14-23(50)37-9-18-11-44(41-39-18)34-32(59)30(57)28(55)20(16-47)61-34/h10-11,19-20,27-34,46-47,54-59H,1-9,12-16H2,(H,35,48)(H,36,49)(H,37,50)/t19-,20-,27-,28-,29+,30+,31+,32+,33-,34-/m1/s1. The van der Waals surface area contributed by atoms with Gasteiger partial charge in [0.25, 0.3) is 11.8 Å². The third kappa shape index (κ3) is 12.5. The van der Waals surface area contributed by atoms with Crippen LogP contribution >= 0.6 is 0 Å². The van der Waals surface area contributed by atoms with Gasteiger partial charge < -0.3 is 71.1 Å². The molecule has 62 heavy (non-hydrogen) atoms. The number of carbonyl (C=O) groups excluding carboxylic acids is 6. The average Bonchev–Trinajstić information content (AvgIpc) is 4.00. The Kier molecular flexibility index (Phi) is 17.2. The second-order valence-electron chi connectivity index (χ2n) is 14.7. The van der Waals surface area contributed by atoms with Crippen LogP contribution in [0.2, 0.25) is 0 Å². The molecule has 10 atom stereocenters. The monoisotopic (exact) mass is 885 g/mol. The van der Waals surface area contributed by atoms with Crippen LogP contribution in [0.4, 0.5) is 0 Å². The number of aromatic nitrogens is 6. The van der Waals surface area contributed by atoms with Crippen molar-refractivity contribution in [2.24, 2.45) is 0 Å². The first-order chi connectivity index (χ1) is 29.6. The molecule has 0 saturated carbocycles. The maximum atomic E-state index is 13.1. The number of nitrogens with one attached hydrogen (secondary N) is 3. The van der Waals surface area contributed by atoms with E-state index in [2.05, 4.69) is 36.6 Å². The fourth-order valence-electron chi connectivity index (χ4n) is 6.57. The molecule has 0 radical (unpaired) electrons. The zero-order chi connectivity index (χ0) is 45.1. The molecule has 0 bridgehead atoms. The Morgan fingerprint density at radius 2 is 1.11 bits per heavy atom. The van der Waals surface area contributed by atoms with Crippen LogP contribution in [0.15, 0.2) is 12.4 Å². The summed E-state index contributed by atoms with van der Waals surface area (Å²) in [5.41, 5.74) is 0.334. The van der Waals surface area contributed by atoms with E-state index in [1.54, 1.807) is 0 Å². The van der Waals surface area contributed by atoms with Crippen molar-refractivity contribution in [3.8, 4) is 0 Å². The lowest BCUT2D eigenvalue weighted by Crippen LogP contribution is -2.56. The molecule has 28 nitrogen and oxygen atoms in total. The number of carbonyl (C=O) groups is 6. The van der Waals surface area contributed by atoms with Crippen molar-refractivity contribution in [2.75, 3.05) is 39.4 Å². The molecule has 3 fully saturated rings. The molecule has 5 heterocycles. The van der Waals surface area contributed by atoms with Gasteiger partial charge in [-0.05, 0) is 12.8 Å². The Morgan fingerprint density at radius 1 is 0.661 bits per heavy atom. The summed E-state index contributed by atoms with van der Waals surface area (Å²) in [5.74, 6) is -3.79. The fraction of sp³-hybridized carbons (Fsp3) is 0.706. The molecule has 3 aliphatic heterocycles. The number of hydroxylamine groups is 2. The molecule has 28 heteroatoms. The van der Waals surface area contributed by atoms with Gasteiger partial charge in [0.1, 0.15) is 60.2 Å². The van der Waals surface area contributed by atoms with Crippen LogP contribution in [0.5, 0.6) is 0 Å². The van der Waals surface area contributed by atoms with Gasteiger partial charge in [0.05, 0.1) is 58.3 Å². The smallest absolute Gasteiger partial charge is 0.333 e. The Hall–Kier alpha value is -5.14. The molecule has 5 rings (SSSR count). The lowest BCUT2D eigenvalue weighted by atomic mass is 9.98. The van der Waals surface area contributed by atoms with Gasteiger partial charge in [-0.3, -0.25) is 28.9 Å². The average molecular weight is 886 g/mol. The molecule has 0 unspecified atom stereocenters. The van der Waals surface area contributed by atoms with Gasteiger partial charge in [-0.1, -0.05) is 16.8 Å². The Labute approximate surface area is 351 Å². The number of unbranched alkanes of at least 4 members (excludes halogenated alkanes) is 2. The number of rotatable bonds is 21. The Bertz CT molecular complexity index is 1750. The van der Waals surface area contributed by atoms with Gasteiger partial charge in [-0.15, -0.1) is 15.3 Å². The van der Waals surface area contributed by atoms with Crippen molar-refractivity contribution in [3.05, 3.63) is 23.8 Å². The lowest BCUT2D eigenvalue weighted by Gasteiger charge is -2.39. The molecule has 0 spiro atoms. The SMILES string of the molecule is O=C(CN(CC(=O)NCc1cn([C@@H]2O[C@H](CO)[C@@H](O)[C@H](O)[C@@H]2O)nn1)CC(=O)NCc1cn([C@@H]2O[C@H](CO)[C@@H](O)[C@H](O)[C@@H]2O)nn1)NCCCCCC(=O)ON1C(=O)CCC1=O. The van der Waals surface area contributed by atoms with E-state index in [1.165, 1.54) is 17.3 Å². The van der Waals surface area contributed by atoms with Gasteiger partial charge >= 0.3 is 5.97 Å². The molecule has 11 N–H and O–H groups in total. The predicted molar refractivity (Wildman–Crippen MR) is 197 cm³/mol. The maximum Gasteiger partial charge on any atom is 0.333 e. The highest BCUT2D eigenvalue weighted by Crippen LogP contribution is 2.29. The molecule has 3 aliphatic rings. The first-order valence-electron chi connectivity index (χ1n) is 19.6. The van der Waals surface area contributed by atoms with Crippen LogP contribution in [0, 0.1) is 0 Å². The van der Waals surface area contributed by atoms with E-state index < -0.39 is 130 Å². The zero-order valence-corrected chi connectivity index (χ0v) is 33.2. The largest absolute Gasteiger partial charge is 0.394 e. The van der Waals surface area contributed by atoms with E-state index >= 15 is 0 Å². The normalized spacial score (nSPS) is 27.7. The number of hydrogen-bond donors (Lipinski definition) is 11. The van der Waals surface area contributed by atoms with E-state index in [1.807, 2.05) is 0 Å². The molecule has 0 aromatic carbocycles. The van der Waals surface area contributed by atoms with E-state index in [-0.39, 0.29) is 50.3 Å². The van der Waals surface area contributed by atoms with Crippen molar-refractivity contribution in [2.45, 2.75) is 113 Å². The third-order valence-corrected chi connectivity index (χ3v) is 9.98. The number of nitrogens with zero attached hydrogens (tertiary/aromatic N) is 8. The van der Waals surface area contributed by atoms with Crippen molar-refractivity contribution < 1.29 is 83.9 Å². The summed E-state index contributed by atoms with van der Waals surface area (Å²) >= 11 is 0. The second kappa shape index (κ2) is 22.3. The number of aliphatic hydroxyl groups excluding tert-OH is 8. The van der Waals surface area contributed by atoms with Crippen molar-refractivity contribution >= 4 is 35.5 Å². The van der Waals surface area contributed by atoms with Gasteiger partial charge in [0.2, 0.25) is 17.7 Å². The molecule has 3 saturated heterocycles. The fourth-order valence-corrected chi connectivity index (χ4v) is 6.57. The summed E-state index contributed by atoms with van der Waals surface area (Å²) in [4.78, 5) is 80.5. The van der Waals surface area contributed by atoms with E-state index in [0.29, 0.717) is 24.3 Å². The maximum absolute atomic E-state index is 13.1. The summed E-state index contributed by atoms with van der Waals surface area (Å²) in [7, 11) is 0. The molecule has 2 aromatic heterocycles. The van der Waals surface area contributed by atoms with Gasteiger partial charge in [-0.2, -0.15) is 0 Å². The predicted octanol–water partition coefficient (Wildman–Crippen LogP) is -7.67. The van der Waals surface area contributed by atoms with Crippen LogP contribution in [-0.2, 0) is 56.2 Å². The minimum atomic E-state index is -1.66. The molecular formula is C34H51N11O17. The van der Waals surface area contributed by atoms with Gasteiger partial charge in [0, 0.05) is 25.8 Å². The van der Waals surface area contributed by atoms with Crippen LogP contribution in [0.3, 0.4) is 0 Å².